The Balaban J connectivity index is 1.41. The van der Waals surface area contributed by atoms with Gasteiger partial charge >= 0.3 is 0 Å². The van der Waals surface area contributed by atoms with E-state index in [1.54, 1.807) is 0 Å². The molecule has 2 amide bonds. The molecule has 3 aromatic rings. The minimum absolute atomic E-state index is 0.0633. The highest BCUT2D eigenvalue weighted by atomic mass is 16.2. The Morgan fingerprint density at radius 3 is 2.47 bits per heavy atom. The third kappa shape index (κ3) is 4.67. The number of nitrogens with one attached hydrogen (secondary N) is 1. The maximum Gasteiger partial charge on any atom is 0.252 e. The molecular formula is C27H31N3O2. The number of carbonyl (C=O) groups is 2. The number of likely N-dealkylation sites (tertiary alicyclic amines) is 1. The maximum atomic E-state index is 13.1. The van der Waals surface area contributed by atoms with Crippen molar-refractivity contribution >= 4 is 22.7 Å². The van der Waals surface area contributed by atoms with E-state index in [-0.39, 0.29) is 23.8 Å². The van der Waals surface area contributed by atoms with Gasteiger partial charge in [0.25, 0.3) is 5.91 Å². The second-order valence-corrected chi connectivity index (χ2v) is 8.78. The van der Waals surface area contributed by atoms with Gasteiger partial charge in [-0.3, -0.25) is 14.6 Å². The predicted octanol–water partition coefficient (Wildman–Crippen LogP) is 4.77. The topological polar surface area (TPSA) is 62.3 Å². The number of benzene rings is 2. The molecule has 1 atom stereocenters. The molecule has 5 nitrogen and oxygen atoms in total. The van der Waals surface area contributed by atoms with Gasteiger partial charge in [0.15, 0.2) is 0 Å². The van der Waals surface area contributed by atoms with Crippen LogP contribution in [0, 0.1) is 13.8 Å². The molecule has 2 heterocycles. The smallest absolute Gasteiger partial charge is 0.252 e. The van der Waals surface area contributed by atoms with Crippen LogP contribution in [0.15, 0.2) is 54.6 Å². The lowest BCUT2D eigenvalue weighted by Crippen LogP contribution is -2.47. The van der Waals surface area contributed by atoms with Gasteiger partial charge < -0.3 is 10.2 Å². The van der Waals surface area contributed by atoms with Crippen molar-refractivity contribution in [1.82, 2.24) is 15.2 Å². The molecule has 0 spiro atoms. The molecule has 4 rings (SSSR count). The molecule has 0 saturated carbocycles. The molecule has 2 aromatic carbocycles. The fourth-order valence-corrected chi connectivity index (χ4v) is 4.63. The molecule has 1 fully saturated rings. The van der Waals surface area contributed by atoms with E-state index < -0.39 is 0 Å². The van der Waals surface area contributed by atoms with E-state index in [1.807, 2.05) is 73.3 Å². The van der Waals surface area contributed by atoms with Crippen molar-refractivity contribution in [3.8, 4) is 0 Å². The fourth-order valence-electron chi connectivity index (χ4n) is 4.63. The molecule has 1 unspecified atom stereocenters. The van der Waals surface area contributed by atoms with Crippen LogP contribution in [0.1, 0.15) is 59.3 Å². The summed E-state index contributed by atoms with van der Waals surface area (Å²) in [5, 5.41) is 4.09. The normalized spacial score (nSPS) is 15.5. The van der Waals surface area contributed by atoms with Crippen LogP contribution in [-0.4, -0.2) is 40.8 Å². The molecule has 1 aromatic heterocycles. The number of carbonyl (C=O) groups excluding carboxylic acids is 2. The van der Waals surface area contributed by atoms with Gasteiger partial charge in [-0.15, -0.1) is 0 Å². The number of amides is 2. The van der Waals surface area contributed by atoms with Gasteiger partial charge in [-0.05, 0) is 56.9 Å². The van der Waals surface area contributed by atoms with Crippen molar-refractivity contribution in [3.05, 3.63) is 77.0 Å². The lowest BCUT2D eigenvalue weighted by molar-refractivity contribution is -0.134. The Morgan fingerprint density at radius 2 is 1.78 bits per heavy atom. The summed E-state index contributed by atoms with van der Waals surface area (Å²) in [7, 11) is 0. The average Bonchev–Trinajstić information content (AvgIpc) is 2.80. The molecule has 1 N–H and O–H groups in total. The largest absolute Gasteiger partial charge is 0.349 e. The summed E-state index contributed by atoms with van der Waals surface area (Å²) in [5.74, 6) is 0.0260. The van der Waals surface area contributed by atoms with Crippen molar-refractivity contribution < 1.29 is 9.59 Å². The number of hydrogen-bond acceptors (Lipinski definition) is 3. The van der Waals surface area contributed by atoms with Crippen molar-refractivity contribution in [3.63, 3.8) is 0 Å². The lowest BCUT2D eigenvalue weighted by atomic mass is 9.93. The highest BCUT2D eigenvalue weighted by Crippen LogP contribution is 2.25. The van der Waals surface area contributed by atoms with Crippen molar-refractivity contribution in [2.24, 2.45) is 0 Å². The Hall–Kier alpha value is -3.21. The molecule has 1 aliphatic rings. The summed E-state index contributed by atoms with van der Waals surface area (Å²) in [5.41, 5.74) is 4.52. The van der Waals surface area contributed by atoms with E-state index >= 15 is 0 Å². The summed E-state index contributed by atoms with van der Waals surface area (Å²) in [4.78, 5) is 32.8. The van der Waals surface area contributed by atoms with E-state index in [0.29, 0.717) is 18.7 Å². The Morgan fingerprint density at radius 1 is 1.06 bits per heavy atom. The van der Waals surface area contributed by atoms with Crippen LogP contribution in [0.25, 0.3) is 10.9 Å². The zero-order valence-electron chi connectivity index (χ0n) is 19.1. The van der Waals surface area contributed by atoms with Crippen LogP contribution >= 0.6 is 0 Å². The van der Waals surface area contributed by atoms with Gasteiger partial charge in [0.2, 0.25) is 5.91 Å². The Labute approximate surface area is 189 Å². The highest BCUT2D eigenvalue weighted by molar-refractivity contribution is 6.06. The number of piperidine rings is 1. The van der Waals surface area contributed by atoms with E-state index in [4.69, 9.17) is 0 Å². The van der Waals surface area contributed by atoms with Crippen molar-refractivity contribution in [1.29, 1.82) is 0 Å². The predicted molar refractivity (Wildman–Crippen MR) is 128 cm³/mol. The summed E-state index contributed by atoms with van der Waals surface area (Å²) in [6.07, 6.45) is 2.32. The van der Waals surface area contributed by atoms with E-state index in [0.717, 1.165) is 47.0 Å². The average molecular weight is 430 g/mol. The number of rotatable bonds is 5. The van der Waals surface area contributed by atoms with Gasteiger partial charge in [0, 0.05) is 30.2 Å². The first kappa shape index (κ1) is 22.0. The number of hydrogen-bond donors (Lipinski definition) is 1. The second kappa shape index (κ2) is 9.51. The summed E-state index contributed by atoms with van der Waals surface area (Å²) in [6, 6.07) is 17.9. The SMILES string of the molecule is CCC(C(=O)N1CCC(NC(=O)c2cc(C)nc3ccc(C)cc23)CC1)c1ccccc1. The summed E-state index contributed by atoms with van der Waals surface area (Å²) < 4.78 is 0. The number of aryl methyl sites for hydroxylation is 2. The minimum atomic E-state index is -0.100. The minimum Gasteiger partial charge on any atom is -0.349 e. The zero-order chi connectivity index (χ0) is 22.7. The van der Waals surface area contributed by atoms with Crippen LogP contribution in [0.5, 0.6) is 0 Å². The number of aromatic nitrogens is 1. The van der Waals surface area contributed by atoms with Crippen molar-refractivity contribution in [2.75, 3.05) is 13.1 Å². The first-order chi connectivity index (χ1) is 15.5. The van der Waals surface area contributed by atoms with Crippen molar-refractivity contribution in [2.45, 2.75) is 52.0 Å². The molecule has 1 saturated heterocycles. The third-order valence-electron chi connectivity index (χ3n) is 6.39. The summed E-state index contributed by atoms with van der Waals surface area (Å²) >= 11 is 0. The number of pyridine rings is 1. The molecule has 0 bridgehead atoms. The Bertz CT molecular complexity index is 1120. The van der Waals surface area contributed by atoms with Gasteiger partial charge in [0.05, 0.1) is 17.0 Å². The van der Waals surface area contributed by atoms with Gasteiger partial charge in [0.1, 0.15) is 0 Å². The molecule has 0 radical (unpaired) electrons. The first-order valence-corrected chi connectivity index (χ1v) is 11.5. The van der Waals surface area contributed by atoms with Gasteiger partial charge in [-0.2, -0.15) is 0 Å². The standard InChI is InChI=1S/C27H31N3O2/c1-4-22(20-8-6-5-7-9-20)27(32)30-14-12-21(13-15-30)29-26(31)24-17-19(3)28-25-11-10-18(2)16-23(24)25/h5-11,16-17,21-22H,4,12-15H2,1-3H3,(H,29,31). The quantitative estimate of drug-likeness (QED) is 0.636. The molecule has 1 aliphatic heterocycles. The molecule has 0 aliphatic carbocycles. The molecule has 166 valence electrons. The fraction of sp³-hybridized carbons (Fsp3) is 0.370. The van der Waals surface area contributed by atoms with E-state index in [1.165, 1.54) is 0 Å². The van der Waals surface area contributed by atoms with Gasteiger partial charge in [-0.25, -0.2) is 0 Å². The first-order valence-electron chi connectivity index (χ1n) is 11.5. The van der Waals surface area contributed by atoms with Crippen LogP contribution in [0.3, 0.4) is 0 Å². The summed E-state index contributed by atoms with van der Waals surface area (Å²) in [6.45, 7) is 7.33. The molecular weight excluding hydrogens is 398 g/mol. The molecule has 32 heavy (non-hydrogen) atoms. The number of nitrogens with zero attached hydrogens (tertiary/aromatic N) is 2. The van der Waals surface area contributed by atoms with Gasteiger partial charge in [-0.1, -0.05) is 48.9 Å². The van der Waals surface area contributed by atoms with Crippen LogP contribution < -0.4 is 5.32 Å². The van der Waals surface area contributed by atoms with Crippen LogP contribution in [0.4, 0.5) is 0 Å². The van der Waals surface area contributed by atoms with Crippen LogP contribution in [-0.2, 0) is 4.79 Å². The third-order valence-corrected chi connectivity index (χ3v) is 6.39. The molecule has 5 heteroatoms. The zero-order valence-corrected chi connectivity index (χ0v) is 19.1. The van der Waals surface area contributed by atoms with Crippen LogP contribution in [0.2, 0.25) is 0 Å². The maximum absolute atomic E-state index is 13.1. The monoisotopic (exact) mass is 429 g/mol. The second-order valence-electron chi connectivity index (χ2n) is 8.78. The van der Waals surface area contributed by atoms with E-state index in [9.17, 15) is 9.59 Å². The number of fused-ring (bicyclic) bond motifs is 1. The highest BCUT2D eigenvalue weighted by Gasteiger charge is 2.29. The van der Waals surface area contributed by atoms with E-state index in [2.05, 4.69) is 17.2 Å². The lowest BCUT2D eigenvalue weighted by Gasteiger charge is -2.34. The Kier molecular flexibility index (Phi) is 6.54.